The van der Waals surface area contributed by atoms with Crippen LogP contribution in [0.15, 0.2) is 41.3 Å². The summed E-state index contributed by atoms with van der Waals surface area (Å²) >= 11 is 7.19. The van der Waals surface area contributed by atoms with Crippen molar-refractivity contribution in [2.75, 3.05) is 26.7 Å². The van der Waals surface area contributed by atoms with E-state index in [1.165, 1.54) is 25.3 Å². The molecule has 2 heterocycles. The molecule has 2 aromatic carbocycles. The number of methoxy groups -OCH3 is 1. The van der Waals surface area contributed by atoms with Crippen LogP contribution >= 0.6 is 23.4 Å². The minimum Gasteiger partial charge on any atom is -0.493 e. The number of amides is 3. The molecule has 3 amide bonds. The number of imide groups is 1. The Labute approximate surface area is 205 Å². The third-order valence-corrected chi connectivity index (χ3v) is 6.66. The highest BCUT2D eigenvalue weighted by Crippen LogP contribution is 2.39. The van der Waals surface area contributed by atoms with Gasteiger partial charge < -0.3 is 14.4 Å². The third-order valence-electron chi connectivity index (χ3n) is 5.47. The molecule has 0 radical (unpaired) electrons. The van der Waals surface area contributed by atoms with Crippen LogP contribution in [-0.4, -0.2) is 53.6 Å². The van der Waals surface area contributed by atoms with E-state index in [4.69, 9.17) is 21.1 Å². The highest BCUT2D eigenvalue weighted by molar-refractivity contribution is 8.18. The molecule has 34 heavy (non-hydrogen) atoms. The second-order valence-electron chi connectivity index (χ2n) is 7.81. The van der Waals surface area contributed by atoms with E-state index < -0.39 is 11.1 Å². The Morgan fingerprint density at radius 1 is 1.18 bits per heavy atom. The monoisotopic (exact) mass is 504 g/mol. The number of carbonyl (C=O) groups excluding carboxylic acids is 3. The number of rotatable bonds is 7. The van der Waals surface area contributed by atoms with Crippen molar-refractivity contribution in [1.29, 1.82) is 0 Å². The molecule has 0 aliphatic carbocycles. The topological polar surface area (TPSA) is 76.2 Å². The molecule has 0 saturated carbocycles. The van der Waals surface area contributed by atoms with Gasteiger partial charge in [-0.25, -0.2) is 4.39 Å². The molecule has 0 N–H and O–H groups in total. The number of carbonyl (C=O) groups is 3. The number of hydrogen-bond donors (Lipinski definition) is 0. The van der Waals surface area contributed by atoms with Crippen molar-refractivity contribution in [2.45, 2.75) is 19.4 Å². The minimum absolute atomic E-state index is 0.152. The van der Waals surface area contributed by atoms with E-state index in [-0.39, 0.29) is 34.8 Å². The average Bonchev–Trinajstić information content (AvgIpc) is 3.44. The van der Waals surface area contributed by atoms with Gasteiger partial charge in [0.15, 0.2) is 11.5 Å². The molecule has 2 aromatic rings. The van der Waals surface area contributed by atoms with E-state index in [0.717, 1.165) is 35.1 Å². The first-order chi connectivity index (χ1) is 16.4. The van der Waals surface area contributed by atoms with Crippen molar-refractivity contribution >= 4 is 46.5 Å². The van der Waals surface area contributed by atoms with Crippen LogP contribution in [0.25, 0.3) is 6.08 Å². The lowest BCUT2D eigenvalue weighted by atomic mass is 10.1. The summed E-state index contributed by atoms with van der Waals surface area (Å²) in [5, 5.41) is -0.239. The second kappa shape index (κ2) is 10.5. The zero-order chi connectivity index (χ0) is 24.2. The van der Waals surface area contributed by atoms with E-state index in [2.05, 4.69) is 0 Å². The van der Waals surface area contributed by atoms with Gasteiger partial charge in [0.05, 0.1) is 17.0 Å². The molecule has 2 aliphatic rings. The summed E-state index contributed by atoms with van der Waals surface area (Å²) in [6.45, 7) is 1.19. The summed E-state index contributed by atoms with van der Waals surface area (Å²) in [6.07, 6.45) is 3.39. The van der Waals surface area contributed by atoms with Crippen molar-refractivity contribution in [2.24, 2.45) is 0 Å². The summed E-state index contributed by atoms with van der Waals surface area (Å²) < 4.78 is 24.3. The van der Waals surface area contributed by atoms with Crippen LogP contribution < -0.4 is 9.47 Å². The van der Waals surface area contributed by atoms with E-state index >= 15 is 0 Å². The maximum Gasteiger partial charge on any atom is 0.294 e. The van der Waals surface area contributed by atoms with Crippen LogP contribution in [0.2, 0.25) is 5.02 Å². The van der Waals surface area contributed by atoms with Gasteiger partial charge >= 0.3 is 0 Å². The molecule has 178 valence electrons. The van der Waals surface area contributed by atoms with E-state index in [9.17, 15) is 18.8 Å². The lowest BCUT2D eigenvalue weighted by molar-refractivity contribution is -0.135. The zero-order valence-electron chi connectivity index (χ0n) is 18.4. The van der Waals surface area contributed by atoms with Crippen LogP contribution in [-0.2, 0) is 16.2 Å². The predicted octanol–water partition coefficient (Wildman–Crippen LogP) is 4.73. The average molecular weight is 505 g/mol. The van der Waals surface area contributed by atoms with Crippen molar-refractivity contribution < 1.29 is 28.2 Å². The Morgan fingerprint density at radius 3 is 2.56 bits per heavy atom. The molecule has 4 rings (SSSR count). The van der Waals surface area contributed by atoms with Crippen LogP contribution in [0.1, 0.15) is 24.0 Å². The van der Waals surface area contributed by atoms with Gasteiger partial charge in [-0.1, -0.05) is 23.7 Å². The summed E-state index contributed by atoms with van der Waals surface area (Å²) in [7, 11) is 1.46. The molecule has 2 aliphatic heterocycles. The number of benzene rings is 2. The number of hydrogen-bond acceptors (Lipinski definition) is 6. The first kappa shape index (κ1) is 24.1. The SMILES string of the molecule is COc1cc(/C=C2/SC(=O)N(CC(=O)N3CCCC3)C2=O)cc(Cl)c1OCc1ccc(F)cc1. The Bertz CT molecular complexity index is 1150. The molecular formula is C24H22ClFN2O5S. The van der Waals surface area contributed by atoms with Crippen LogP contribution in [0.4, 0.5) is 9.18 Å². The molecule has 0 bridgehead atoms. The van der Waals surface area contributed by atoms with Crippen molar-refractivity contribution in [3.05, 3.63) is 63.3 Å². The molecule has 0 atom stereocenters. The number of halogens is 2. The van der Waals surface area contributed by atoms with Gasteiger partial charge in [-0.05, 0) is 66.1 Å². The summed E-state index contributed by atoms with van der Waals surface area (Å²) in [5.41, 5.74) is 1.29. The van der Waals surface area contributed by atoms with Crippen molar-refractivity contribution in [3.8, 4) is 11.5 Å². The van der Waals surface area contributed by atoms with Gasteiger partial charge in [0.1, 0.15) is 19.0 Å². The number of thioether (sulfide) groups is 1. The number of ether oxygens (including phenoxy) is 2. The van der Waals surface area contributed by atoms with Gasteiger partial charge in [-0.3, -0.25) is 19.3 Å². The van der Waals surface area contributed by atoms with E-state index in [1.54, 1.807) is 29.2 Å². The highest BCUT2D eigenvalue weighted by Gasteiger charge is 2.37. The summed E-state index contributed by atoms with van der Waals surface area (Å²) in [4.78, 5) is 40.4. The predicted molar refractivity (Wildman–Crippen MR) is 127 cm³/mol. The summed E-state index contributed by atoms with van der Waals surface area (Å²) in [5.74, 6) is -0.449. The molecule has 0 aromatic heterocycles. The molecule has 0 unspecified atom stereocenters. The maximum atomic E-state index is 13.1. The van der Waals surface area contributed by atoms with E-state index in [0.29, 0.717) is 30.2 Å². The van der Waals surface area contributed by atoms with Crippen LogP contribution in [0.3, 0.4) is 0 Å². The Morgan fingerprint density at radius 2 is 1.88 bits per heavy atom. The first-order valence-corrected chi connectivity index (χ1v) is 11.8. The zero-order valence-corrected chi connectivity index (χ0v) is 20.0. The smallest absolute Gasteiger partial charge is 0.294 e. The second-order valence-corrected chi connectivity index (χ2v) is 9.21. The standard InChI is InChI=1S/C24H22ClFN2O5S/c1-32-19-11-16(10-18(25)22(19)33-14-15-4-6-17(26)7-5-15)12-20-23(30)28(24(31)34-20)13-21(29)27-8-2-3-9-27/h4-7,10-12H,2-3,8-9,13-14H2,1H3/b20-12+. The third kappa shape index (κ3) is 5.37. The van der Waals surface area contributed by atoms with Gasteiger partial charge in [0.2, 0.25) is 5.91 Å². The molecule has 10 heteroatoms. The molecular weight excluding hydrogens is 483 g/mol. The van der Waals surface area contributed by atoms with Crippen LogP contribution in [0.5, 0.6) is 11.5 Å². The van der Waals surface area contributed by atoms with Crippen molar-refractivity contribution in [3.63, 3.8) is 0 Å². The van der Waals surface area contributed by atoms with Gasteiger partial charge in [0, 0.05) is 13.1 Å². The van der Waals surface area contributed by atoms with E-state index in [1.807, 2.05) is 0 Å². The normalized spacial score (nSPS) is 17.1. The fourth-order valence-electron chi connectivity index (χ4n) is 3.69. The maximum absolute atomic E-state index is 13.1. The Balaban J connectivity index is 1.49. The van der Waals surface area contributed by atoms with Crippen molar-refractivity contribution in [1.82, 2.24) is 9.80 Å². The Kier molecular flexibility index (Phi) is 7.43. The van der Waals surface area contributed by atoms with Gasteiger partial charge in [-0.2, -0.15) is 0 Å². The molecule has 7 nitrogen and oxygen atoms in total. The Hall–Kier alpha value is -3.04. The first-order valence-electron chi connectivity index (χ1n) is 10.6. The van der Waals surface area contributed by atoms with Crippen LogP contribution in [0, 0.1) is 5.82 Å². The summed E-state index contributed by atoms with van der Waals surface area (Å²) in [6, 6.07) is 9.12. The largest absolute Gasteiger partial charge is 0.493 e. The number of likely N-dealkylation sites (tertiary alicyclic amines) is 1. The number of nitrogens with zero attached hydrogens (tertiary/aromatic N) is 2. The fraction of sp³-hybridized carbons (Fsp3) is 0.292. The lowest BCUT2D eigenvalue weighted by Crippen LogP contribution is -2.40. The highest BCUT2D eigenvalue weighted by atomic mass is 35.5. The molecule has 2 saturated heterocycles. The lowest BCUT2D eigenvalue weighted by Gasteiger charge is -2.18. The minimum atomic E-state index is -0.519. The molecule has 0 spiro atoms. The van der Waals surface area contributed by atoms with Gasteiger partial charge in [-0.15, -0.1) is 0 Å². The van der Waals surface area contributed by atoms with Gasteiger partial charge in [0.25, 0.3) is 11.1 Å². The quantitative estimate of drug-likeness (QED) is 0.508. The fourth-order valence-corrected chi connectivity index (χ4v) is 4.80. The molecule has 2 fully saturated rings.